The van der Waals surface area contributed by atoms with Crippen molar-refractivity contribution < 1.29 is 4.74 Å². The lowest BCUT2D eigenvalue weighted by molar-refractivity contribution is 0.0547. The second-order valence-corrected chi connectivity index (χ2v) is 5.49. The molecule has 108 valence electrons. The smallest absolute Gasteiger partial charge is 0.0841 e. The Hall–Kier alpha value is -1.39. The number of rotatable bonds is 5. The summed E-state index contributed by atoms with van der Waals surface area (Å²) >= 11 is 0. The largest absolute Gasteiger partial charge is 0.381 e. The van der Waals surface area contributed by atoms with Crippen molar-refractivity contribution >= 4 is 10.9 Å². The molecule has 1 aliphatic heterocycles. The van der Waals surface area contributed by atoms with E-state index >= 15 is 0 Å². The van der Waals surface area contributed by atoms with Crippen LogP contribution < -0.4 is 5.32 Å². The van der Waals surface area contributed by atoms with Crippen LogP contribution in [0.15, 0.2) is 24.3 Å². The van der Waals surface area contributed by atoms with Gasteiger partial charge in [0, 0.05) is 31.6 Å². The first-order valence-electron chi connectivity index (χ1n) is 7.61. The number of aromatic nitrogens is 2. The molecule has 1 N–H and O–H groups in total. The molecule has 1 aromatic carbocycles. The van der Waals surface area contributed by atoms with Crippen LogP contribution in [0.2, 0.25) is 0 Å². The first-order chi connectivity index (χ1) is 9.88. The van der Waals surface area contributed by atoms with Gasteiger partial charge in [-0.2, -0.15) is 5.10 Å². The van der Waals surface area contributed by atoms with Crippen molar-refractivity contribution in [2.45, 2.75) is 32.9 Å². The van der Waals surface area contributed by atoms with E-state index in [0.29, 0.717) is 5.92 Å². The number of para-hydroxylation sites is 1. The first kappa shape index (κ1) is 13.6. The summed E-state index contributed by atoms with van der Waals surface area (Å²) in [5.41, 5.74) is 2.38. The zero-order chi connectivity index (χ0) is 13.8. The van der Waals surface area contributed by atoms with Crippen LogP contribution in [0.5, 0.6) is 0 Å². The van der Waals surface area contributed by atoms with E-state index in [4.69, 9.17) is 9.84 Å². The highest BCUT2D eigenvalue weighted by Crippen LogP contribution is 2.18. The van der Waals surface area contributed by atoms with Gasteiger partial charge in [0.15, 0.2) is 0 Å². The maximum atomic E-state index is 5.52. The van der Waals surface area contributed by atoms with Crippen molar-refractivity contribution in [3.63, 3.8) is 0 Å². The number of hydrogen-bond acceptors (Lipinski definition) is 3. The first-order valence-corrected chi connectivity index (χ1v) is 7.61. The van der Waals surface area contributed by atoms with Gasteiger partial charge in [-0.15, -0.1) is 0 Å². The minimum Gasteiger partial charge on any atom is -0.381 e. The highest BCUT2D eigenvalue weighted by atomic mass is 16.5. The lowest BCUT2D eigenvalue weighted by Gasteiger charge is -2.22. The quantitative estimate of drug-likeness (QED) is 0.910. The van der Waals surface area contributed by atoms with Crippen molar-refractivity contribution in [1.29, 1.82) is 0 Å². The summed E-state index contributed by atoms with van der Waals surface area (Å²) in [5.74, 6) is 0.656. The summed E-state index contributed by atoms with van der Waals surface area (Å²) in [7, 11) is 0. The van der Waals surface area contributed by atoms with Crippen molar-refractivity contribution in [1.82, 2.24) is 15.1 Å². The fourth-order valence-corrected chi connectivity index (χ4v) is 2.93. The van der Waals surface area contributed by atoms with E-state index in [1.807, 2.05) is 0 Å². The SMILES string of the molecule is CCn1nc(CNCC2CCCOC2)c2ccccc21. The van der Waals surface area contributed by atoms with Gasteiger partial charge >= 0.3 is 0 Å². The maximum Gasteiger partial charge on any atom is 0.0841 e. The molecule has 4 nitrogen and oxygen atoms in total. The van der Waals surface area contributed by atoms with Gasteiger partial charge in [-0.3, -0.25) is 4.68 Å². The van der Waals surface area contributed by atoms with Gasteiger partial charge in [-0.25, -0.2) is 0 Å². The predicted octanol–water partition coefficient (Wildman–Crippen LogP) is 2.57. The number of benzene rings is 1. The van der Waals surface area contributed by atoms with Crippen molar-refractivity contribution in [2.75, 3.05) is 19.8 Å². The Morgan fingerprint density at radius 2 is 2.30 bits per heavy atom. The number of fused-ring (bicyclic) bond motifs is 1. The zero-order valence-electron chi connectivity index (χ0n) is 12.1. The zero-order valence-corrected chi connectivity index (χ0v) is 12.1. The molecule has 0 amide bonds. The van der Waals surface area contributed by atoms with E-state index in [0.717, 1.165) is 38.5 Å². The van der Waals surface area contributed by atoms with E-state index in [1.165, 1.54) is 23.7 Å². The molecule has 1 fully saturated rings. The molecule has 0 bridgehead atoms. The number of hydrogen-bond donors (Lipinski definition) is 1. The maximum absolute atomic E-state index is 5.52. The van der Waals surface area contributed by atoms with Gasteiger partial charge < -0.3 is 10.1 Å². The third-order valence-electron chi connectivity index (χ3n) is 4.01. The van der Waals surface area contributed by atoms with Gasteiger partial charge in [-0.1, -0.05) is 18.2 Å². The summed E-state index contributed by atoms with van der Waals surface area (Å²) in [6, 6.07) is 8.47. The van der Waals surface area contributed by atoms with Crippen molar-refractivity contribution in [3.8, 4) is 0 Å². The average molecular weight is 273 g/mol. The Labute approximate surface area is 120 Å². The molecule has 1 unspecified atom stereocenters. The van der Waals surface area contributed by atoms with Gasteiger partial charge in [0.25, 0.3) is 0 Å². The molecule has 0 saturated carbocycles. The van der Waals surface area contributed by atoms with Crippen LogP contribution in [-0.2, 0) is 17.8 Å². The van der Waals surface area contributed by atoms with Gasteiger partial charge in [0.05, 0.1) is 17.8 Å². The van der Waals surface area contributed by atoms with Gasteiger partial charge in [0.1, 0.15) is 0 Å². The average Bonchev–Trinajstić information content (AvgIpc) is 2.87. The molecule has 4 heteroatoms. The minimum atomic E-state index is 0.656. The summed E-state index contributed by atoms with van der Waals surface area (Å²) in [6.45, 7) is 6.74. The second-order valence-electron chi connectivity index (χ2n) is 5.49. The Morgan fingerprint density at radius 1 is 1.40 bits per heavy atom. The van der Waals surface area contributed by atoms with Gasteiger partial charge in [-0.05, 0) is 31.7 Å². The number of nitrogens with zero attached hydrogens (tertiary/aromatic N) is 2. The molecule has 1 saturated heterocycles. The van der Waals surface area contributed by atoms with E-state index < -0.39 is 0 Å². The van der Waals surface area contributed by atoms with E-state index in [-0.39, 0.29) is 0 Å². The summed E-state index contributed by atoms with van der Waals surface area (Å²) < 4.78 is 7.60. The van der Waals surface area contributed by atoms with Crippen LogP contribution >= 0.6 is 0 Å². The number of nitrogens with one attached hydrogen (secondary N) is 1. The molecule has 1 aromatic heterocycles. The molecular formula is C16H23N3O. The molecular weight excluding hydrogens is 250 g/mol. The molecule has 2 heterocycles. The van der Waals surface area contributed by atoms with Crippen LogP contribution in [0.1, 0.15) is 25.5 Å². The van der Waals surface area contributed by atoms with Crippen LogP contribution in [0.3, 0.4) is 0 Å². The Kier molecular flexibility index (Phi) is 4.33. The number of aryl methyl sites for hydroxylation is 1. The lowest BCUT2D eigenvalue weighted by atomic mass is 10.0. The predicted molar refractivity (Wildman–Crippen MR) is 80.7 cm³/mol. The summed E-state index contributed by atoms with van der Waals surface area (Å²) in [4.78, 5) is 0. The highest BCUT2D eigenvalue weighted by Gasteiger charge is 2.14. The molecule has 1 atom stereocenters. The van der Waals surface area contributed by atoms with Gasteiger partial charge in [0.2, 0.25) is 0 Å². The van der Waals surface area contributed by atoms with E-state index in [1.54, 1.807) is 0 Å². The Morgan fingerprint density at radius 3 is 3.10 bits per heavy atom. The number of ether oxygens (including phenoxy) is 1. The van der Waals surface area contributed by atoms with Crippen LogP contribution in [0.4, 0.5) is 0 Å². The molecule has 0 aliphatic carbocycles. The summed E-state index contributed by atoms with van der Waals surface area (Å²) in [5, 5.41) is 9.52. The molecule has 2 aromatic rings. The monoisotopic (exact) mass is 273 g/mol. The minimum absolute atomic E-state index is 0.656. The lowest BCUT2D eigenvalue weighted by Crippen LogP contribution is -2.29. The second kappa shape index (κ2) is 6.37. The molecule has 0 radical (unpaired) electrons. The molecule has 0 spiro atoms. The Bertz CT molecular complexity index is 558. The topological polar surface area (TPSA) is 39.1 Å². The van der Waals surface area contributed by atoms with E-state index in [9.17, 15) is 0 Å². The molecule has 1 aliphatic rings. The van der Waals surface area contributed by atoms with Crippen molar-refractivity contribution in [3.05, 3.63) is 30.0 Å². The van der Waals surface area contributed by atoms with Crippen molar-refractivity contribution in [2.24, 2.45) is 5.92 Å². The molecule has 20 heavy (non-hydrogen) atoms. The van der Waals surface area contributed by atoms with Crippen LogP contribution in [-0.4, -0.2) is 29.5 Å². The fourth-order valence-electron chi connectivity index (χ4n) is 2.93. The molecule has 3 rings (SSSR count). The van der Waals surface area contributed by atoms with Crippen LogP contribution in [0, 0.1) is 5.92 Å². The fraction of sp³-hybridized carbons (Fsp3) is 0.562. The highest BCUT2D eigenvalue weighted by molar-refractivity contribution is 5.81. The van der Waals surface area contributed by atoms with Crippen LogP contribution in [0.25, 0.3) is 10.9 Å². The van der Waals surface area contributed by atoms with E-state index in [2.05, 4.69) is 41.2 Å². The third-order valence-corrected chi connectivity index (χ3v) is 4.01. The third kappa shape index (κ3) is 2.86. The Balaban J connectivity index is 1.65. The standard InChI is InChI=1S/C16H23N3O/c1-2-19-16-8-4-3-7-14(16)15(18-19)11-17-10-13-6-5-9-20-12-13/h3-4,7-8,13,17H,2,5-6,9-12H2,1H3. The normalized spacial score (nSPS) is 19.6. The summed E-state index contributed by atoms with van der Waals surface area (Å²) in [6.07, 6.45) is 2.47.